The number of likely N-dealkylation sites (tertiary alicyclic amines) is 1. The molecule has 0 bridgehead atoms. The van der Waals surface area contributed by atoms with E-state index in [4.69, 9.17) is 9.47 Å². The average molecular weight is 490 g/mol. The number of ether oxygens (including phenoxy) is 2. The predicted molar refractivity (Wildman–Crippen MR) is 124 cm³/mol. The van der Waals surface area contributed by atoms with Crippen LogP contribution in [0.2, 0.25) is 0 Å². The zero-order valence-electron chi connectivity index (χ0n) is 17.1. The number of methoxy groups -OCH3 is 2. The second kappa shape index (κ2) is 13.0. The number of hydrogen-bond donors (Lipinski definition) is 2. The Morgan fingerprint density at radius 1 is 1.19 bits per heavy atom. The molecule has 0 aliphatic carbocycles. The van der Waals surface area contributed by atoms with Gasteiger partial charge in [-0.05, 0) is 57.8 Å². The summed E-state index contributed by atoms with van der Waals surface area (Å²) in [5, 5.41) is 6.68. The van der Waals surface area contributed by atoms with E-state index in [-0.39, 0.29) is 24.0 Å². The normalized spacial score (nSPS) is 17.8. The highest BCUT2D eigenvalue weighted by molar-refractivity contribution is 14.0. The first kappa shape index (κ1) is 23.8. The first-order chi connectivity index (χ1) is 12.7. The number of hydrogen-bond acceptors (Lipinski definition) is 4. The number of nitrogens with one attached hydrogen (secondary N) is 2. The fourth-order valence-corrected chi connectivity index (χ4v) is 3.37. The summed E-state index contributed by atoms with van der Waals surface area (Å²) < 4.78 is 10.6. The Bertz CT molecular complexity index is 583. The van der Waals surface area contributed by atoms with Crippen molar-refractivity contribution in [2.75, 3.05) is 46.2 Å². The summed E-state index contributed by atoms with van der Waals surface area (Å²) in [6.07, 6.45) is 6.43. The Kier molecular flexibility index (Phi) is 11.5. The van der Waals surface area contributed by atoms with Crippen LogP contribution in [0.5, 0.6) is 11.5 Å². The van der Waals surface area contributed by atoms with Gasteiger partial charge in [-0.3, -0.25) is 4.99 Å². The Morgan fingerprint density at radius 2 is 1.96 bits per heavy atom. The van der Waals surface area contributed by atoms with E-state index >= 15 is 0 Å². The summed E-state index contributed by atoms with van der Waals surface area (Å²) in [7, 11) is 5.06. The molecule has 154 valence electrons. The van der Waals surface area contributed by atoms with Crippen LogP contribution in [0.1, 0.15) is 39.0 Å². The molecule has 0 saturated carbocycles. The number of halogens is 1. The van der Waals surface area contributed by atoms with Gasteiger partial charge in [0.05, 0.1) is 14.2 Å². The highest BCUT2D eigenvalue weighted by atomic mass is 127. The van der Waals surface area contributed by atoms with Crippen molar-refractivity contribution in [2.45, 2.75) is 45.1 Å². The molecule has 6 nitrogen and oxygen atoms in total. The highest BCUT2D eigenvalue weighted by Gasteiger charge is 2.17. The van der Waals surface area contributed by atoms with E-state index in [2.05, 4.69) is 27.4 Å². The number of guanidine groups is 1. The van der Waals surface area contributed by atoms with Gasteiger partial charge in [0.25, 0.3) is 0 Å². The molecule has 2 rings (SSSR count). The zero-order chi connectivity index (χ0) is 18.8. The molecule has 7 heteroatoms. The second-order valence-electron chi connectivity index (χ2n) is 6.78. The lowest BCUT2D eigenvalue weighted by Gasteiger charge is -2.33. The van der Waals surface area contributed by atoms with Crippen LogP contribution in [0, 0.1) is 0 Å². The maximum Gasteiger partial charge on any atom is 0.195 e. The van der Waals surface area contributed by atoms with Crippen molar-refractivity contribution in [1.82, 2.24) is 10.2 Å². The Hall–Kier alpha value is -1.22. The summed E-state index contributed by atoms with van der Waals surface area (Å²) in [4.78, 5) is 6.92. The van der Waals surface area contributed by atoms with Gasteiger partial charge in [0, 0.05) is 31.4 Å². The molecule has 1 fully saturated rings. The van der Waals surface area contributed by atoms with E-state index in [9.17, 15) is 0 Å². The molecule has 0 radical (unpaired) electrons. The summed E-state index contributed by atoms with van der Waals surface area (Å²) in [6.45, 7) is 5.73. The van der Waals surface area contributed by atoms with Crippen LogP contribution in [-0.2, 0) is 0 Å². The number of aliphatic imine (C=N–C) groups is 1. The summed E-state index contributed by atoms with van der Waals surface area (Å²) in [5.74, 6) is 2.18. The fourth-order valence-electron chi connectivity index (χ4n) is 3.37. The van der Waals surface area contributed by atoms with Crippen LogP contribution in [-0.4, -0.2) is 57.8 Å². The molecule has 27 heavy (non-hydrogen) atoms. The minimum Gasteiger partial charge on any atom is -0.493 e. The Balaban J connectivity index is 0.00000364. The summed E-state index contributed by atoms with van der Waals surface area (Å²) >= 11 is 0. The fraction of sp³-hybridized carbons (Fsp3) is 0.650. The van der Waals surface area contributed by atoms with Crippen molar-refractivity contribution < 1.29 is 9.47 Å². The van der Waals surface area contributed by atoms with Crippen LogP contribution < -0.4 is 20.1 Å². The third-order valence-corrected chi connectivity index (χ3v) is 4.98. The highest BCUT2D eigenvalue weighted by Crippen LogP contribution is 2.29. The van der Waals surface area contributed by atoms with Gasteiger partial charge in [-0.25, -0.2) is 0 Å². The number of anilines is 1. The van der Waals surface area contributed by atoms with Crippen molar-refractivity contribution in [3.63, 3.8) is 0 Å². The van der Waals surface area contributed by atoms with Crippen molar-refractivity contribution >= 4 is 35.6 Å². The molecule has 1 aliphatic heterocycles. The number of piperidine rings is 1. The predicted octanol–water partition coefficient (Wildman–Crippen LogP) is 3.96. The number of nitrogens with zero attached hydrogens (tertiary/aromatic N) is 2. The van der Waals surface area contributed by atoms with E-state index in [0.717, 1.165) is 30.7 Å². The van der Waals surface area contributed by atoms with Gasteiger partial charge in [-0.2, -0.15) is 0 Å². The maximum absolute atomic E-state index is 5.34. The number of unbranched alkanes of at least 4 members (excludes halogenated alkanes) is 1. The van der Waals surface area contributed by atoms with Gasteiger partial charge in [0.15, 0.2) is 17.5 Å². The lowest BCUT2D eigenvalue weighted by atomic mass is 10.0. The van der Waals surface area contributed by atoms with Crippen molar-refractivity contribution in [1.29, 1.82) is 0 Å². The molecule has 1 aromatic rings. The van der Waals surface area contributed by atoms with Crippen LogP contribution in [0.4, 0.5) is 5.69 Å². The molecular weight excluding hydrogens is 455 g/mol. The van der Waals surface area contributed by atoms with E-state index in [1.165, 1.54) is 38.8 Å². The molecule has 1 aromatic carbocycles. The second-order valence-corrected chi connectivity index (χ2v) is 6.78. The van der Waals surface area contributed by atoms with Gasteiger partial charge < -0.3 is 25.0 Å². The topological polar surface area (TPSA) is 58.1 Å². The lowest BCUT2D eigenvalue weighted by molar-refractivity contribution is 0.158. The van der Waals surface area contributed by atoms with Gasteiger partial charge >= 0.3 is 0 Å². The van der Waals surface area contributed by atoms with E-state index in [0.29, 0.717) is 11.5 Å². The van der Waals surface area contributed by atoms with Gasteiger partial charge in [-0.1, -0.05) is 6.42 Å². The molecule has 0 spiro atoms. The Morgan fingerprint density at radius 3 is 2.63 bits per heavy atom. The summed E-state index contributed by atoms with van der Waals surface area (Å²) in [6, 6.07) is 6.49. The van der Waals surface area contributed by atoms with Crippen LogP contribution >= 0.6 is 24.0 Å². The lowest BCUT2D eigenvalue weighted by Crippen LogP contribution is -2.38. The molecular formula is C20H35IN4O2. The minimum atomic E-state index is 0. The molecule has 1 unspecified atom stereocenters. The van der Waals surface area contributed by atoms with Crippen LogP contribution in [0.15, 0.2) is 23.2 Å². The van der Waals surface area contributed by atoms with Crippen molar-refractivity contribution in [3.8, 4) is 11.5 Å². The van der Waals surface area contributed by atoms with Crippen LogP contribution in [0.25, 0.3) is 0 Å². The van der Waals surface area contributed by atoms with Crippen LogP contribution in [0.3, 0.4) is 0 Å². The molecule has 1 atom stereocenters. The molecule has 1 aliphatic rings. The van der Waals surface area contributed by atoms with E-state index in [1.54, 1.807) is 21.3 Å². The zero-order valence-corrected chi connectivity index (χ0v) is 19.4. The third-order valence-electron chi connectivity index (χ3n) is 4.98. The number of benzene rings is 1. The molecule has 0 amide bonds. The van der Waals surface area contributed by atoms with Gasteiger partial charge in [0.1, 0.15) is 0 Å². The SMILES string of the molecule is CN=C(NCCCCN1CCCCC1C)Nc1ccc(OC)c(OC)c1.I. The Labute approximate surface area is 181 Å². The molecule has 0 aromatic heterocycles. The largest absolute Gasteiger partial charge is 0.493 e. The molecule has 2 N–H and O–H groups in total. The number of rotatable bonds is 8. The first-order valence-corrected chi connectivity index (χ1v) is 9.61. The van der Waals surface area contributed by atoms with Gasteiger partial charge in [-0.15, -0.1) is 24.0 Å². The smallest absolute Gasteiger partial charge is 0.195 e. The molecule has 1 saturated heterocycles. The van der Waals surface area contributed by atoms with E-state index < -0.39 is 0 Å². The third kappa shape index (κ3) is 7.73. The van der Waals surface area contributed by atoms with Crippen molar-refractivity contribution in [3.05, 3.63) is 18.2 Å². The standard InChI is InChI=1S/C20H34N4O2.HI/c1-16-9-5-7-13-24(16)14-8-6-12-22-20(21-2)23-17-10-11-18(25-3)19(15-17)26-4;/h10-11,15-16H,5-9,12-14H2,1-4H3,(H2,21,22,23);1H. The molecule has 1 heterocycles. The maximum atomic E-state index is 5.34. The van der Waals surface area contributed by atoms with Gasteiger partial charge in [0.2, 0.25) is 0 Å². The monoisotopic (exact) mass is 490 g/mol. The first-order valence-electron chi connectivity index (χ1n) is 9.61. The van der Waals surface area contributed by atoms with E-state index in [1.807, 2.05) is 18.2 Å². The van der Waals surface area contributed by atoms with Crippen molar-refractivity contribution in [2.24, 2.45) is 4.99 Å². The average Bonchev–Trinajstić information content (AvgIpc) is 2.67. The quantitative estimate of drug-likeness (QED) is 0.250. The minimum absolute atomic E-state index is 0. The summed E-state index contributed by atoms with van der Waals surface area (Å²) in [5.41, 5.74) is 0.915.